The number of hydrogen-bond donors (Lipinski definition) is 2. The van der Waals surface area contributed by atoms with Crippen LogP contribution in [0.5, 0.6) is 0 Å². The van der Waals surface area contributed by atoms with Gasteiger partial charge in [0.2, 0.25) is 0 Å². The van der Waals surface area contributed by atoms with Crippen molar-refractivity contribution in [2.45, 2.75) is 57.6 Å². The fraction of sp³-hybridized carbons (Fsp3) is 0.579. The molecular weight excluding hydrogens is 302 g/mol. The van der Waals surface area contributed by atoms with Crippen molar-refractivity contribution in [3.8, 4) is 6.07 Å². The standard InChI is InChI=1S/C19H25N3O2/c1-2-24-17-12-16(19(17)9-4-3-5-10-19)22-18(23)21-15-8-6-7-14(11-15)13-20/h6-8,11,16-17H,2-5,9-10,12H2,1H3,(H2,21,22,23). The van der Waals surface area contributed by atoms with Crippen LogP contribution >= 0.6 is 0 Å². The molecule has 0 aromatic heterocycles. The molecule has 5 heteroatoms. The van der Waals surface area contributed by atoms with Gasteiger partial charge in [-0.25, -0.2) is 4.79 Å². The first-order chi connectivity index (χ1) is 11.7. The third kappa shape index (κ3) is 3.25. The van der Waals surface area contributed by atoms with Gasteiger partial charge in [0.05, 0.1) is 17.7 Å². The van der Waals surface area contributed by atoms with Crippen LogP contribution in [0.15, 0.2) is 24.3 Å². The van der Waals surface area contributed by atoms with Gasteiger partial charge in [-0.1, -0.05) is 25.3 Å². The molecule has 5 nitrogen and oxygen atoms in total. The number of ether oxygens (including phenoxy) is 1. The molecule has 0 saturated heterocycles. The molecule has 0 bridgehead atoms. The Morgan fingerprint density at radius 1 is 1.38 bits per heavy atom. The van der Waals surface area contributed by atoms with Gasteiger partial charge in [0.1, 0.15) is 0 Å². The molecule has 1 spiro atoms. The Balaban J connectivity index is 1.62. The number of hydrogen-bond acceptors (Lipinski definition) is 3. The van der Waals surface area contributed by atoms with Crippen molar-refractivity contribution in [1.82, 2.24) is 5.32 Å². The van der Waals surface area contributed by atoms with E-state index >= 15 is 0 Å². The van der Waals surface area contributed by atoms with E-state index in [-0.39, 0.29) is 23.6 Å². The van der Waals surface area contributed by atoms with Gasteiger partial charge in [-0.15, -0.1) is 0 Å². The van der Waals surface area contributed by atoms with Gasteiger partial charge in [-0.05, 0) is 44.4 Å². The summed E-state index contributed by atoms with van der Waals surface area (Å²) in [6, 6.07) is 9.02. The highest BCUT2D eigenvalue weighted by Crippen LogP contribution is 2.53. The van der Waals surface area contributed by atoms with Crippen molar-refractivity contribution < 1.29 is 9.53 Å². The average molecular weight is 327 g/mol. The van der Waals surface area contributed by atoms with Crippen molar-refractivity contribution >= 4 is 11.7 Å². The zero-order valence-corrected chi connectivity index (χ0v) is 14.2. The van der Waals surface area contributed by atoms with Crippen LogP contribution in [-0.4, -0.2) is 24.8 Å². The molecule has 2 aliphatic carbocycles. The normalized spacial score (nSPS) is 24.7. The van der Waals surface area contributed by atoms with Crippen LogP contribution in [-0.2, 0) is 4.74 Å². The van der Waals surface area contributed by atoms with Gasteiger partial charge in [-0.3, -0.25) is 0 Å². The largest absolute Gasteiger partial charge is 0.378 e. The number of nitriles is 1. The van der Waals surface area contributed by atoms with E-state index in [1.165, 1.54) is 19.3 Å². The fourth-order valence-electron chi connectivity index (χ4n) is 4.26. The van der Waals surface area contributed by atoms with E-state index in [9.17, 15) is 4.79 Å². The van der Waals surface area contributed by atoms with Crippen LogP contribution in [0.25, 0.3) is 0 Å². The van der Waals surface area contributed by atoms with E-state index in [0.717, 1.165) is 25.9 Å². The van der Waals surface area contributed by atoms with Gasteiger partial charge in [-0.2, -0.15) is 5.26 Å². The Hall–Kier alpha value is -2.06. The number of amides is 2. The van der Waals surface area contributed by atoms with Crippen molar-refractivity contribution in [2.75, 3.05) is 11.9 Å². The van der Waals surface area contributed by atoms with E-state index in [0.29, 0.717) is 11.3 Å². The summed E-state index contributed by atoms with van der Waals surface area (Å²) in [5, 5.41) is 14.9. The fourth-order valence-corrected chi connectivity index (χ4v) is 4.26. The number of carbonyl (C=O) groups is 1. The van der Waals surface area contributed by atoms with E-state index in [1.807, 2.05) is 6.92 Å². The minimum atomic E-state index is -0.199. The predicted molar refractivity (Wildman–Crippen MR) is 92.6 cm³/mol. The Morgan fingerprint density at radius 3 is 2.88 bits per heavy atom. The molecule has 2 amide bonds. The maximum absolute atomic E-state index is 12.4. The Kier molecular flexibility index (Phi) is 5.06. The maximum atomic E-state index is 12.4. The summed E-state index contributed by atoms with van der Waals surface area (Å²) >= 11 is 0. The Bertz CT molecular complexity index is 632. The van der Waals surface area contributed by atoms with E-state index in [4.69, 9.17) is 10.00 Å². The van der Waals surface area contributed by atoms with Crippen molar-refractivity contribution in [1.29, 1.82) is 5.26 Å². The smallest absolute Gasteiger partial charge is 0.319 e. The quantitative estimate of drug-likeness (QED) is 0.883. The average Bonchev–Trinajstić information content (AvgIpc) is 2.61. The first kappa shape index (κ1) is 16.8. The van der Waals surface area contributed by atoms with Crippen LogP contribution in [0.3, 0.4) is 0 Å². The minimum Gasteiger partial charge on any atom is -0.378 e. The lowest BCUT2D eigenvalue weighted by molar-refractivity contribution is -0.146. The number of nitrogens with one attached hydrogen (secondary N) is 2. The van der Waals surface area contributed by atoms with Crippen LogP contribution in [0, 0.1) is 16.7 Å². The van der Waals surface area contributed by atoms with Crippen LogP contribution in [0.4, 0.5) is 10.5 Å². The second kappa shape index (κ2) is 7.23. The zero-order chi connectivity index (χ0) is 17.0. The third-order valence-corrected chi connectivity index (χ3v) is 5.49. The second-order valence-electron chi connectivity index (χ2n) is 6.82. The molecule has 2 unspecified atom stereocenters. The summed E-state index contributed by atoms with van der Waals surface area (Å²) in [7, 11) is 0. The number of rotatable bonds is 4. The Labute approximate surface area is 143 Å². The Morgan fingerprint density at radius 2 is 2.17 bits per heavy atom. The number of anilines is 1. The number of nitrogens with zero attached hydrogens (tertiary/aromatic N) is 1. The molecule has 24 heavy (non-hydrogen) atoms. The van der Waals surface area contributed by atoms with E-state index in [1.54, 1.807) is 24.3 Å². The first-order valence-corrected chi connectivity index (χ1v) is 8.87. The lowest BCUT2D eigenvalue weighted by atomic mass is 9.55. The minimum absolute atomic E-state index is 0.111. The molecule has 2 fully saturated rings. The zero-order valence-electron chi connectivity index (χ0n) is 14.2. The molecule has 2 N–H and O–H groups in total. The molecule has 1 aromatic rings. The van der Waals surface area contributed by atoms with Crippen LogP contribution in [0.2, 0.25) is 0 Å². The van der Waals surface area contributed by atoms with Crippen LogP contribution < -0.4 is 10.6 Å². The lowest BCUT2D eigenvalue weighted by Crippen LogP contribution is -2.65. The maximum Gasteiger partial charge on any atom is 0.319 e. The lowest BCUT2D eigenvalue weighted by Gasteiger charge is -2.57. The highest BCUT2D eigenvalue weighted by atomic mass is 16.5. The topological polar surface area (TPSA) is 74.2 Å². The molecule has 2 aliphatic rings. The van der Waals surface area contributed by atoms with Crippen molar-refractivity contribution in [3.63, 3.8) is 0 Å². The van der Waals surface area contributed by atoms with Gasteiger partial charge < -0.3 is 15.4 Å². The van der Waals surface area contributed by atoms with Crippen molar-refractivity contribution in [2.24, 2.45) is 5.41 Å². The molecular formula is C19H25N3O2. The summed E-state index contributed by atoms with van der Waals surface area (Å²) in [5.74, 6) is 0. The highest BCUT2D eigenvalue weighted by Gasteiger charge is 2.56. The molecule has 2 atom stereocenters. The molecule has 0 radical (unpaired) electrons. The molecule has 2 saturated carbocycles. The molecule has 0 heterocycles. The van der Waals surface area contributed by atoms with Gasteiger partial charge in [0.15, 0.2) is 0 Å². The van der Waals surface area contributed by atoms with Gasteiger partial charge in [0, 0.05) is 23.8 Å². The van der Waals surface area contributed by atoms with E-state index < -0.39 is 0 Å². The highest BCUT2D eigenvalue weighted by molar-refractivity contribution is 5.89. The number of urea groups is 1. The molecule has 3 rings (SSSR count). The number of carbonyl (C=O) groups excluding carboxylic acids is 1. The molecule has 1 aromatic carbocycles. The summed E-state index contributed by atoms with van der Waals surface area (Å²) < 4.78 is 5.92. The monoisotopic (exact) mass is 327 g/mol. The van der Waals surface area contributed by atoms with Gasteiger partial charge >= 0.3 is 6.03 Å². The molecule has 0 aliphatic heterocycles. The molecule has 128 valence electrons. The second-order valence-corrected chi connectivity index (χ2v) is 6.82. The van der Waals surface area contributed by atoms with Crippen LogP contribution in [0.1, 0.15) is 51.0 Å². The van der Waals surface area contributed by atoms with Gasteiger partial charge in [0.25, 0.3) is 0 Å². The van der Waals surface area contributed by atoms with E-state index in [2.05, 4.69) is 16.7 Å². The summed E-state index contributed by atoms with van der Waals surface area (Å²) in [6.07, 6.45) is 7.13. The summed E-state index contributed by atoms with van der Waals surface area (Å²) in [4.78, 5) is 12.4. The van der Waals surface area contributed by atoms with Crippen molar-refractivity contribution in [3.05, 3.63) is 29.8 Å². The predicted octanol–water partition coefficient (Wildman–Crippen LogP) is 3.81. The third-order valence-electron chi connectivity index (χ3n) is 5.49. The number of benzene rings is 1. The SMILES string of the molecule is CCOC1CC(NC(=O)Nc2cccc(C#N)c2)C12CCCCC2. The summed E-state index contributed by atoms with van der Waals surface area (Å²) in [5.41, 5.74) is 1.29. The summed E-state index contributed by atoms with van der Waals surface area (Å²) in [6.45, 7) is 2.76. The first-order valence-electron chi connectivity index (χ1n) is 8.87.